The molecule has 0 N–H and O–H groups in total. The minimum absolute atomic E-state index is 0.334. The van der Waals surface area contributed by atoms with Gasteiger partial charge in [-0.2, -0.15) is 0 Å². The topological polar surface area (TPSA) is 17.1 Å². The number of hydrogen-bond acceptors (Lipinski definition) is 3. The average molecular weight is 190 g/mol. The predicted octanol–water partition coefficient (Wildman–Crippen LogP) is 2.90. The van der Waals surface area contributed by atoms with Gasteiger partial charge in [0, 0.05) is 17.4 Å². The third-order valence-electron chi connectivity index (χ3n) is 1.76. The number of Topliss-reactive ketones (excluding diaryl/α,β-unsaturated/α-hetero) is 1. The van der Waals surface area contributed by atoms with E-state index in [4.69, 9.17) is 0 Å². The average Bonchev–Trinajstić information content (AvgIpc) is 1.82. The van der Waals surface area contributed by atoms with Crippen molar-refractivity contribution >= 4 is 27.4 Å². The normalized spacial score (nSPS) is 22.8. The van der Waals surface area contributed by atoms with Crippen LogP contribution in [0.15, 0.2) is 0 Å². The van der Waals surface area contributed by atoms with Crippen LogP contribution in [0.25, 0.3) is 0 Å². The van der Waals surface area contributed by atoms with Gasteiger partial charge in [0.2, 0.25) is 0 Å². The number of carbonyl (C=O) groups excluding carboxylic acids is 1. The second-order valence-electron chi connectivity index (χ2n) is 2.95. The molecule has 1 nitrogen and oxygen atoms in total. The number of unbranched alkanes of at least 4 members (excludes halogenated alkanes) is 1. The lowest BCUT2D eigenvalue weighted by Gasteiger charge is -2.22. The zero-order valence-corrected chi connectivity index (χ0v) is 8.47. The summed E-state index contributed by atoms with van der Waals surface area (Å²) in [5, 5.41) is 0.895. The lowest BCUT2D eigenvalue weighted by molar-refractivity contribution is -0.117. The first-order valence-electron chi connectivity index (χ1n) is 4.07. The molecule has 0 aromatic heterocycles. The van der Waals surface area contributed by atoms with E-state index < -0.39 is 0 Å². The van der Waals surface area contributed by atoms with Gasteiger partial charge in [-0.05, 0) is 19.8 Å². The molecule has 0 saturated carbocycles. The molecule has 0 unspecified atom stereocenters. The number of carbonyl (C=O) groups is 1. The SMILES string of the molecule is CC(=O)CCCC[C@@H]1CSS1. The van der Waals surface area contributed by atoms with Gasteiger partial charge < -0.3 is 4.79 Å². The van der Waals surface area contributed by atoms with Gasteiger partial charge in [-0.1, -0.05) is 28.0 Å². The minimum atomic E-state index is 0.334. The highest BCUT2D eigenvalue weighted by Gasteiger charge is 2.18. The fourth-order valence-electron chi connectivity index (χ4n) is 1.04. The standard InChI is InChI=1S/C8H14OS2/c1-7(9)4-2-3-5-8-6-10-11-8/h8H,2-6H2,1H3/t8-/m1/s1. The summed E-state index contributed by atoms with van der Waals surface area (Å²) in [6.07, 6.45) is 4.42. The summed E-state index contributed by atoms with van der Waals surface area (Å²) in [6, 6.07) is 0. The van der Waals surface area contributed by atoms with Gasteiger partial charge in [-0.25, -0.2) is 0 Å². The zero-order chi connectivity index (χ0) is 8.10. The molecule has 1 aliphatic heterocycles. The van der Waals surface area contributed by atoms with Crippen molar-refractivity contribution in [1.82, 2.24) is 0 Å². The van der Waals surface area contributed by atoms with E-state index in [0.717, 1.165) is 18.1 Å². The Labute approximate surface area is 76.1 Å². The van der Waals surface area contributed by atoms with E-state index in [1.54, 1.807) is 6.92 Å². The summed E-state index contributed by atoms with van der Waals surface area (Å²) in [4.78, 5) is 10.6. The Morgan fingerprint density at radius 3 is 2.73 bits per heavy atom. The first kappa shape index (κ1) is 9.46. The van der Waals surface area contributed by atoms with Crippen molar-refractivity contribution in [3.63, 3.8) is 0 Å². The van der Waals surface area contributed by atoms with E-state index in [-0.39, 0.29) is 0 Å². The number of ketones is 1. The first-order valence-corrected chi connectivity index (χ1v) is 6.45. The van der Waals surface area contributed by atoms with Crippen molar-refractivity contribution in [2.24, 2.45) is 0 Å². The van der Waals surface area contributed by atoms with E-state index in [1.165, 1.54) is 18.6 Å². The van der Waals surface area contributed by atoms with E-state index in [0.29, 0.717) is 5.78 Å². The summed E-state index contributed by atoms with van der Waals surface area (Å²) in [5.74, 6) is 1.66. The van der Waals surface area contributed by atoms with Gasteiger partial charge in [0.15, 0.2) is 0 Å². The number of hydrogen-bond donors (Lipinski definition) is 0. The van der Waals surface area contributed by atoms with Crippen molar-refractivity contribution in [3.05, 3.63) is 0 Å². The summed E-state index contributed by atoms with van der Waals surface area (Å²) >= 11 is 0. The molecule has 0 spiro atoms. The molecular weight excluding hydrogens is 176 g/mol. The molecule has 0 aromatic carbocycles. The van der Waals surface area contributed by atoms with Crippen molar-refractivity contribution < 1.29 is 4.79 Å². The van der Waals surface area contributed by atoms with Crippen LogP contribution in [0, 0.1) is 0 Å². The molecule has 1 heterocycles. The molecule has 11 heavy (non-hydrogen) atoms. The van der Waals surface area contributed by atoms with Crippen LogP contribution in [0.1, 0.15) is 32.6 Å². The lowest BCUT2D eigenvalue weighted by atomic mass is 10.1. The Kier molecular flexibility index (Phi) is 4.38. The van der Waals surface area contributed by atoms with Crippen LogP contribution in [-0.2, 0) is 4.79 Å². The molecule has 1 rings (SSSR count). The molecule has 0 aliphatic carbocycles. The third kappa shape index (κ3) is 4.06. The number of rotatable bonds is 5. The smallest absolute Gasteiger partial charge is 0.129 e. The van der Waals surface area contributed by atoms with Crippen LogP contribution in [-0.4, -0.2) is 16.8 Å². The first-order chi connectivity index (χ1) is 5.29. The molecule has 1 atom stereocenters. The fourth-order valence-corrected chi connectivity index (χ4v) is 3.07. The summed E-state index contributed by atoms with van der Waals surface area (Å²) < 4.78 is 0. The Hall–Kier alpha value is 0.370. The molecular formula is C8H14OS2. The quantitative estimate of drug-likeness (QED) is 0.490. The molecule has 0 radical (unpaired) electrons. The third-order valence-corrected chi connectivity index (χ3v) is 4.96. The summed E-state index contributed by atoms with van der Waals surface area (Å²) in [5.41, 5.74) is 0. The fraction of sp³-hybridized carbons (Fsp3) is 0.875. The maximum atomic E-state index is 10.6. The molecule has 1 fully saturated rings. The lowest BCUT2D eigenvalue weighted by Crippen LogP contribution is -2.11. The summed E-state index contributed by atoms with van der Waals surface area (Å²) in [6.45, 7) is 1.67. The molecule has 1 aliphatic rings. The van der Waals surface area contributed by atoms with Crippen LogP contribution >= 0.6 is 21.6 Å². The van der Waals surface area contributed by atoms with Gasteiger partial charge in [0.1, 0.15) is 5.78 Å². The summed E-state index contributed by atoms with van der Waals surface area (Å²) in [7, 11) is 3.96. The molecule has 1 saturated heterocycles. The van der Waals surface area contributed by atoms with Crippen LogP contribution in [0.2, 0.25) is 0 Å². The van der Waals surface area contributed by atoms with Crippen LogP contribution < -0.4 is 0 Å². The van der Waals surface area contributed by atoms with Gasteiger partial charge in [0.05, 0.1) is 0 Å². The van der Waals surface area contributed by atoms with E-state index >= 15 is 0 Å². The van der Waals surface area contributed by atoms with Crippen LogP contribution in [0.3, 0.4) is 0 Å². The minimum Gasteiger partial charge on any atom is -0.300 e. The highest BCUT2D eigenvalue weighted by Crippen LogP contribution is 2.42. The van der Waals surface area contributed by atoms with E-state index in [9.17, 15) is 4.79 Å². The van der Waals surface area contributed by atoms with Gasteiger partial charge in [0.25, 0.3) is 0 Å². The second kappa shape index (κ2) is 5.09. The predicted molar refractivity (Wildman–Crippen MR) is 53.0 cm³/mol. The van der Waals surface area contributed by atoms with E-state index in [2.05, 4.69) is 0 Å². The molecule has 0 amide bonds. The Balaban J connectivity index is 1.83. The molecule has 3 heteroatoms. The van der Waals surface area contributed by atoms with Crippen molar-refractivity contribution in [2.45, 2.75) is 37.9 Å². The van der Waals surface area contributed by atoms with Crippen molar-refractivity contribution in [1.29, 1.82) is 0 Å². The maximum Gasteiger partial charge on any atom is 0.129 e. The van der Waals surface area contributed by atoms with Crippen molar-refractivity contribution in [3.8, 4) is 0 Å². The monoisotopic (exact) mass is 190 g/mol. The molecule has 0 bridgehead atoms. The Morgan fingerprint density at radius 1 is 1.55 bits per heavy atom. The zero-order valence-electron chi connectivity index (χ0n) is 6.84. The maximum absolute atomic E-state index is 10.6. The van der Waals surface area contributed by atoms with E-state index in [1.807, 2.05) is 21.6 Å². The Bertz CT molecular complexity index is 132. The van der Waals surface area contributed by atoms with Crippen molar-refractivity contribution in [2.75, 3.05) is 5.75 Å². The Morgan fingerprint density at radius 2 is 2.27 bits per heavy atom. The highest BCUT2D eigenvalue weighted by atomic mass is 33.1. The molecule has 0 aromatic rings. The molecule has 64 valence electrons. The van der Waals surface area contributed by atoms with Crippen LogP contribution in [0.5, 0.6) is 0 Å². The second-order valence-corrected chi connectivity index (χ2v) is 5.66. The van der Waals surface area contributed by atoms with Crippen LogP contribution in [0.4, 0.5) is 0 Å². The van der Waals surface area contributed by atoms with Gasteiger partial charge in [-0.15, -0.1) is 0 Å². The van der Waals surface area contributed by atoms with Gasteiger partial charge >= 0.3 is 0 Å². The van der Waals surface area contributed by atoms with Gasteiger partial charge in [-0.3, -0.25) is 0 Å². The highest BCUT2D eigenvalue weighted by molar-refractivity contribution is 8.79. The largest absolute Gasteiger partial charge is 0.300 e.